The number of rotatable bonds is 2. The highest BCUT2D eigenvalue weighted by atomic mass is 16.5. The Kier molecular flexibility index (Phi) is 2.55. The zero-order chi connectivity index (χ0) is 8.48. The Hall–Kier alpha value is -0.0800. The molecule has 0 aliphatic carbocycles. The van der Waals surface area contributed by atoms with Gasteiger partial charge in [0, 0.05) is 18.7 Å². The van der Waals surface area contributed by atoms with Crippen molar-refractivity contribution in [2.24, 2.45) is 0 Å². The van der Waals surface area contributed by atoms with E-state index in [9.17, 15) is 0 Å². The number of hydrogen-bond acceptors (Lipinski definition) is 2. The first kappa shape index (κ1) is 9.01. The average molecular weight is 157 g/mol. The predicted octanol–water partition coefficient (Wildman–Crippen LogP) is 1.51. The summed E-state index contributed by atoms with van der Waals surface area (Å²) in [5, 5.41) is 0. The van der Waals surface area contributed by atoms with E-state index in [0.717, 1.165) is 19.6 Å². The summed E-state index contributed by atoms with van der Waals surface area (Å²) in [6.07, 6.45) is 1.62. The van der Waals surface area contributed by atoms with Crippen molar-refractivity contribution in [2.45, 2.75) is 38.8 Å². The Morgan fingerprint density at radius 2 is 2.18 bits per heavy atom. The lowest BCUT2D eigenvalue weighted by Crippen LogP contribution is -2.34. The van der Waals surface area contributed by atoms with Crippen molar-refractivity contribution < 1.29 is 4.74 Å². The molecule has 0 N–H and O–H groups in total. The molecule has 2 nitrogen and oxygen atoms in total. The smallest absolute Gasteiger partial charge is 0.0719 e. The molecular formula is C9H19NO. The van der Waals surface area contributed by atoms with Gasteiger partial charge in [0.1, 0.15) is 0 Å². The summed E-state index contributed by atoms with van der Waals surface area (Å²) in [5.74, 6) is 0. The zero-order valence-corrected chi connectivity index (χ0v) is 8.05. The molecule has 1 aliphatic heterocycles. The summed E-state index contributed by atoms with van der Waals surface area (Å²) in [6.45, 7) is 8.53. The van der Waals surface area contributed by atoms with E-state index in [1.807, 2.05) is 0 Å². The van der Waals surface area contributed by atoms with E-state index in [-0.39, 0.29) is 0 Å². The second kappa shape index (κ2) is 3.11. The molecular weight excluding hydrogens is 138 g/mol. The average Bonchev–Trinajstić information content (AvgIpc) is 2.08. The molecule has 0 radical (unpaired) electrons. The van der Waals surface area contributed by atoms with Gasteiger partial charge in [-0.2, -0.15) is 0 Å². The third-order valence-corrected chi connectivity index (χ3v) is 2.64. The molecule has 66 valence electrons. The van der Waals surface area contributed by atoms with Crippen molar-refractivity contribution in [3.05, 3.63) is 0 Å². The normalized spacial score (nSPS) is 31.1. The molecule has 1 aliphatic rings. The van der Waals surface area contributed by atoms with E-state index in [0.29, 0.717) is 11.6 Å². The fraction of sp³-hybridized carbons (Fsp3) is 1.00. The van der Waals surface area contributed by atoms with E-state index in [2.05, 4.69) is 32.7 Å². The van der Waals surface area contributed by atoms with Crippen LogP contribution in [0.4, 0.5) is 0 Å². The molecule has 0 aromatic carbocycles. The van der Waals surface area contributed by atoms with Gasteiger partial charge in [-0.1, -0.05) is 0 Å². The molecule has 0 aromatic rings. The lowest BCUT2D eigenvalue weighted by atomic mass is 10.0. The summed E-state index contributed by atoms with van der Waals surface area (Å²) in [6, 6.07) is 0. The highest BCUT2D eigenvalue weighted by Gasteiger charge is 2.35. The van der Waals surface area contributed by atoms with Crippen molar-refractivity contribution in [2.75, 3.05) is 20.2 Å². The monoisotopic (exact) mass is 157 g/mol. The molecule has 11 heavy (non-hydrogen) atoms. The fourth-order valence-electron chi connectivity index (χ4n) is 1.68. The third-order valence-electron chi connectivity index (χ3n) is 2.64. The van der Waals surface area contributed by atoms with Gasteiger partial charge in [-0.25, -0.2) is 0 Å². The van der Waals surface area contributed by atoms with Crippen LogP contribution in [0, 0.1) is 0 Å². The first-order valence-electron chi connectivity index (χ1n) is 4.39. The van der Waals surface area contributed by atoms with E-state index < -0.39 is 0 Å². The first-order chi connectivity index (χ1) is 5.06. The summed E-state index contributed by atoms with van der Waals surface area (Å²) in [4.78, 5) is 2.37. The van der Waals surface area contributed by atoms with Crippen LogP contribution in [0.5, 0.6) is 0 Å². The molecule has 1 rings (SSSR count). The highest BCUT2D eigenvalue weighted by molar-refractivity contribution is 4.91. The molecule has 1 unspecified atom stereocenters. The minimum atomic E-state index is 0.333. The lowest BCUT2D eigenvalue weighted by Gasteiger charge is -2.26. The summed E-state index contributed by atoms with van der Waals surface area (Å²) < 4.78 is 5.57. The Bertz CT molecular complexity index is 134. The molecule has 0 bridgehead atoms. The molecule has 0 aromatic heterocycles. The summed E-state index contributed by atoms with van der Waals surface area (Å²) in [5.41, 5.74) is 0.333. The molecule has 1 atom stereocenters. The van der Waals surface area contributed by atoms with Gasteiger partial charge in [0.15, 0.2) is 0 Å². The van der Waals surface area contributed by atoms with Crippen LogP contribution in [0.3, 0.4) is 0 Å². The number of likely N-dealkylation sites (N-methyl/N-ethyl adjacent to an activating group) is 1. The number of ether oxygens (including phenoxy) is 1. The Morgan fingerprint density at radius 1 is 1.55 bits per heavy atom. The van der Waals surface area contributed by atoms with Gasteiger partial charge in [0.05, 0.1) is 6.10 Å². The number of likely N-dealkylation sites (tertiary alicyclic amines) is 1. The highest BCUT2D eigenvalue weighted by Crippen LogP contribution is 2.28. The maximum Gasteiger partial charge on any atom is 0.0719 e. The Labute approximate surface area is 69.5 Å². The fourth-order valence-corrected chi connectivity index (χ4v) is 1.68. The second-order valence-corrected chi connectivity index (χ2v) is 3.97. The third kappa shape index (κ3) is 1.94. The Morgan fingerprint density at radius 3 is 2.55 bits per heavy atom. The molecule has 2 heteroatoms. The van der Waals surface area contributed by atoms with E-state index in [4.69, 9.17) is 4.74 Å². The molecule has 1 heterocycles. The van der Waals surface area contributed by atoms with Crippen molar-refractivity contribution in [1.82, 2.24) is 4.90 Å². The second-order valence-electron chi connectivity index (χ2n) is 3.97. The lowest BCUT2D eigenvalue weighted by molar-refractivity contribution is 0.0703. The summed E-state index contributed by atoms with van der Waals surface area (Å²) >= 11 is 0. The van der Waals surface area contributed by atoms with Gasteiger partial charge >= 0.3 is 0 Å². The SMILES string of the molecule is CCOC1CN(C)C(C)(C)C1. The van der Waals surface area contributed by atoms with Gasteiger partial charge in [-0.3, -0.25) is 4.90 Å². The van der Waals surface area contributed by atoms with Crippen molar-refractivity contribution >= 4 is 0 Å². The van der Waals surface area contributed by atoms with Gasteiger partial charge < -0.3 is 4.74 Å². The topological polar surface area (TPSA) is 12.5 Å². The van der Waals surface area contributed by atoms with E-state index >= 15 is 0 Å². The quantitative estimate of drug-likeness (QED) is 0.602. The van der Waals surface area contributed by atoms with Gasteiger partial charge in [0.25, 0.3) is 0 Å². The van der Waals surface area contributed by atoms with Crippen molar-refractivity contribution in [1.29, 1.82) is 0 Å². The molecule has 0 saturated carbocycles. The van der Waals surface area contributed by atoms with Gasteiger partial charge in [-0.15, -0.1) is 0 Å². The van der Waals surface area contributed by atoms with Crippen LogP contribution in [0.15, 0.2) is 0 Å². The predicted molar refractivity (Wildman–Crippen MR) is 46.7 cm³/mol. The van der Waals surface area contributed by atoms with Gasteiger partial charge in [-0.05, 0) is 34.2 Å². The van der Waals surface area contributed by atoms with E-state index in [1.54, 1.807) is 0 Å². The zero-order valence-electron chi connectivity index (χ0n) is 8.05. The standard InChI is InChI=1S/C9H19NO/c1-5-11-8-6-9(2,3)10(4)7-8/h8H,5-7H2,1-4H3. The largest absolute Gasteiger partial charge is 0.377 e. The minimum Gasteiger partial charge on any atom is -0.377 e. The maximum absolute atomic E-state index is 5.57. The Balaban J connectivity index is 2.43. The van der Waals surface area contributed by atoms with Crippen LogP contribution in [0.25, 0.3) is 0 Å². The van der Waals surface area contributed by atoms with Gasteiger partial charge in [0.2, 0.25) is 0 Å². The molecule has 0 spiro atoms. The van der Waals surface area contributed by atoms with Crippen LogP contribution in [0.2, 0.25) is 0 Å². The van der Waals surface area contributed by atoms with Crippen molar-refractivity contribution in [3.63, 3.8) is 0 Å². The minimum absolute atomic E-state index is 0.333. The van der Waals surface area contributed by atoms with Crippen LogP contribution in [-0.2, 0) is 4.74 Å². The van der Waals surface area contributed by atoms with E-state index in [1.165, 1.54) is 0 Å². The number of nitrogens with zero attached hydrogens (tertiary/aromatic N) is 1. The molecule has 1 fully saturated rings. The number of hydrogen-bond donors (Lipinski definition) is 0. The summed E-state index contributed by atoms with van der Waals surface area (Å²) in [7, 11) is 2.17. The van der Waals surface area contributed by atoms with Crippen LogP contribution < -0.4 is 0 Å². The molecule has 0 amide bonds. The van der Waals surface area contributed by atoms with Crippen LogP contribution in [0.1, 0.15) is 27.2 Å². The van der Waals surface area contributed by atoms with Crippen molar-refractivity contribution in [3.8, 4) is 0 Å². The maximum atomic E-state index is 5.57. The van der Waals surface area contributed by atoms with Crippen LogP contribution in [-0.4, -0.2) is 36.7 Å². The molecule has 1 saturated heterocycles. The first-order valence-corrected chi connectivity index (χ1v) is 4.39. The van der Waals surface area contributed by atoms with Crippen LogP contribution >= 0.6 is 0 Å².